The number of ether oxygens (including phenoxy) is 3. The first-order chi connectivity index (χ1) is 17.1. The Labute approximate surface area is 208 Å². The molecule has 3 heterocycles. The molecule has 8 nitrogen and oxygen atoms in total. The Balaban J connectivity index is 1.31. The predicted molar refractivity (Wildman–Crippen MR) is 133 cm³/mol. The van der Waals surface area contributed by atoms with Crippen molar-refractivity contribution in [1.29, 1.82) is 0 Å². The van der Waals surface area contributed by atoms with Crippen molar-refractivity contribution in [3.8, 4) is 11.5 Å². The van der Waals surface area contributed by atoms with Crippen molar-refractivity contribution in [1.82, 2.24) is 14.8 Å². The Kier molecular flexibility index (Phi) is 7.15. The smallest absolute Gasteiger partial charge is 0.260 e. The number of para-hydroxylation sites is 1. The molecule has 0 saturated carbocycles. The first-order valence-electron chi connectivity index (χ1n) is 12.0. The van der Waals surface area contributed by atoms with Crippen LogP contribution in [0.4, 0.5) is 0 Å². The number of thiazole rings is 1. The molecule has 1 aromatic heterocycles. The Morgan fingerprint density at radius 3 is 2.71 bits per heavy atom. The van der Waals surface area contributed by atoms with Crippen molar-refractivity contribution in [2.24, 2.45) is 0 Å². The molecule has 2 amide bonds. The number of nitrogens with zero attached hydrogens (tertiary/aromatic N) is 3. The van der Waals surface area contributed by atoms with Crippen molar-refractivity contribution in [3.63, 3.8) is 0 Å². The summed E-state index contributed by atoms with van der Waals surface area (Å²) < 4.78 is 17.7. The zero-order valence-corrected chi connectivity index (χ0v) is 20.6. The number of hydrogen-bond donors (Lipinski definition) is 0. The molecule has 9 heteroatoms. The number of likely N-dealkylation sites (tertiary alicyclic amines) is 1. The number of methoxy groups -OCH3 is 1. The van der Waals surface area contributed by atoms with Crippen LogP contribution in [-0.4, -0.2) is 73.2 Å². The van der Waals surface area contributed by atoms with Crippen LogP contribution in [0, 0.1) is 0 Å². The number of morpholine rings is 1. The number of aromatic nitrogens is 1. The highest BCUT2D eigenvalue weighted by Gasteiger charge is 2.31. The highest BCUT2D eigenvalue weighted by Crippen LogP contribution is 2.37. The van der Waals surface area contributed by atoms with Gasteiger partial charge in [-0.3, -0.25) is 9.59 Å². The molecule has 2 aliphatic rings. The minimum Gasteiger partial charge on any atom is -0.493 e. The van der Waals surface area contributed by atoms with Gasteiger partial charge in [-0.2, -0.15) is 0 Å². The van der Waals surface area contributed by atoms with Gasteiger partial charge in [-0.05, 0) is 49.6 Å². The van der Waals surface area contributed by atoms with E-state index >= 15 is 0 Å². The molecule has 35 heavy (non-hydrogen) atoms. The SMILES string of the molecule is COc1cc(C(=O)N2CCCCC2c2nc3ccccc3s2)ccc1OCC(=O)N1CCOCC1. The van der Waals surface area contributed by atoms with Crippen LogP contribution >= 0.6 is 11.3 Å². The van der Waals surface area contributed by atoms with Crippen molar-refractivity contribution in [2.45, 2.75) is 25.3 Å². The lowest BCUT2D eigenvalue weighted by Gasteiger charge is -2.34. The lowest BCUT2D eigenvalue weighted by atomic mass is 10.0. The lowest BCUT2D eigenvalue weighted by molar-refractivity contribution is -0.137. The minimum atomic E-state index is -0.0949. The molecule has 5 rings (SSSR count). The monoisotopic (exact) mass is 495 g/mol. The van der Waals surface area contributed by atoms with Crippen LogP contribution < -0.4 is 9.47 Å². The molecule has 2 fully saturated rings. The molecule has 184 valence electrons. The number of hydrogen-bond acceptors (Lipinski definition) is 7. The molecule has 2 aromatic carbocycles. The van der Waals surface area contributed by atoms with E-state index in [4.69, 9.17) is 19.2 Å². The maximum atomic E-state index is 13.6. The fourth-order valence-electron chi connectivity index (χ4n) is 4.59. The van der Waals surface area contributed by atoms with Gasteiger partial charge >= 0.3 is 0 Å². The predicted octanol–water partition coefficient (Wildman–Crippen LogP) is 3.91. The summed E-state index contributed by atoms with van der Waals surface area (Å²) in [5, 5.41) is 0.979. The van der Waals surface area contributed by atoms with Crippen LogP contribution in [0.15, 0.2) is 42.5 Å². The van der Waals surface area contributed by atoms with Gasteiger partial charge in [0.25, 0.3) is 11.8 Å². The van der Waals surface area contributed by atoms with Gasteiger partial charge in [0.05, 0.1) is 36.6 Å². The van der Waals surface area contributed by atoms with E-state index in [2.05, 4.69) is 6.07 Å². The van der Waals surface area contributed by atoms with Crippen LogP contribution in [0.3, 0.4) is 0 Å². The minimum absolute atomic E-state index is 0.0401. The molecular weight excluding hydrogens is 466 g/mol. The summed E-state index contributed by atoms with van der Waals surface area (Å²) in [6.07, 6.45) is 2.93. The fourth-order valence-corrected chi connectivity index (χ4v) is 5.71. The highest BCUT2D eigenvalue weighted by molar-refractivity contribution is 7.18. The molecule has 2 aliphatic heterocycles. The number of amides is 2. The molecule has 0 spiro atoms. The average molecular weight is 496 g/mol. The molecule has 1 atom stereocenters. The average Bonchev–Trinajstić information content (AvgIpc) is 3.36. The Morgan fingerprint density at radius 2 is 1.91 bits per heavy atom. The summed E-state index contributed by atoms with van der Waals surface area (Å²) in [6.45, 7) is 2.82. The zero-order valence-electron chi connectivity index (χ0n) is 19.8. The first-order valence-corrected chi connectivity index (χ1v) is 12.8. The number of carbonyl (C=O) groups is 2. The Hall–Kier alpha value is -3.17. The van der Waals surface area contributed by atoms with E-state index in [-0.39, 0.29) is 24.5 Å². The molecule has 0 bridgehead atoms. The summed E-state index contributed by atoms with van der Waals surface area (Å²) >= 11 is 1.66. The van der Waals surface area contributed by atoms with E-state index in [1.54, 1.807) is 34.4 Å². The molecule has 0 radical (unpaired) electrons. The van der Waals surface area contributed by atoms with Crippen LogP contribution in [0.25, 0.3) is 10.2 Å². The van der Waals surface area contributed by atoms with Gasteiger partial charge in [0.2, 0.25) is 0 Å². The van der Waals surface area contributed by atoms with Crippen LogP contribution in [-0.2, 0) is 9.53 Å². The Morgan fingerprint density at radius 1 is 1.09 bits per heavy atom. The van der Waals surface area contributed by atoms with Crippen LogP contribution in [0.5, 0.6) is 11.5 Å². The maximum Gasteiger partial charge on any atom is 0.260 e. The van der Waals surface area contributed by atoms with E-state index in [0.29, 0.717) is 49.9 Å². The third kappa shape index (κ3) is 5.11. The zero-order chi connectivity index (χ0) is 24.2. The van der Waals surface area contributed by atoms with E-state index in [1.807, 2.05) is 23.1 Å². The second-order valence-electron chi connectivity index (χ2n) is 8.68. The van der Waals surface area contributed by atoms with E-state index in [0.717, 1.165) is 34.5 Å². The van der Waals surface area contributed by atoms with Gasteiger partial charge in [-0.1, -0.05) is 12.1 Å². The van der Waals surface area contributed by atoms with Gasteiger partial charge in [-0.15, -0.1) is 11.3 Å². The lowest BCUT2D eigenvalue weighted by Crippen LogP contribution is -2.43. The molecule has 0 N–H and O–H groups in total. The first kappa shape index (κ1) is 23.6. The molecule has 0 aliphatic carbocycles. The van der Waals surface area contributed by atoms with Crippen molar-refractivity contribution in [3.05, 3.63) is 53.0 Å². The maximum absolute atomic E-state index is 13.6. The van der Waals surface area contributed by atoms with Crippen molar-refractivity contribution >= 4 is 33.4 Å². The van der Waals surface area contributed by atoms with Gasteiger partial charge in [-0.25, -0.2) is 4.98 Å². The van der Waals surface area contributed by atoms with E-state index < -0.39 is 0 Å². The third-order valence-corrected chi connectivity index (χ3v) is 7.62. The quantitative estimate of drug-likeness (QED) is 0.516. The summed E-state index contributed by atoms with van der Waals surface area (Å²) in [6, 6.07) is 13.2. The standard InChI is InChI=1S/C26H29N3O5S/c1-32-22-16-18(9-10-21(22)34-17-24(30)28-12-14-33-15-13-28)26(31)29-11-5-4-7-20(29)25-27-19-6-2-3-8-23(19)35-25/h2-3,6,8-10,16,20H,4-5,7,11-15,17H2,1H3. The van der Waals surface area contributed by atoms with Crippen LogP contribution in [0.2, 0.25) is 0 Å². The molecule has 3 aromatic rings. The topological polar surface area (TPSA) is 81.2 Å². The summed E-state index contributed by atoms with van der Waals surface area (Å²) in [5.41, 5.74) is 1.50. The van der Waals surface area contributed by atoms with Crippen molar-refractivity contribution < 1.29 is 23.8 Å². The number of carbonyl (C=O) groups excluding carboxylic acids is 2. The van der Waals surface area contributed by atoms with Gasteiger partial charge in [0.15, 0.2) is 18.1 Å². The molecule has 2 saturated heterocycles. The second-order valence-corrected chi connectivity index (χ2v) is 9.74. The van der Waals surface area contributed by atoms with E-state index in [1.165, 1.54) is 7.11 Å². The van der Waals surface area contributed by atoms with Gasteiger partial charge in [0.1, 0.15) is 5.01 Å². The third-order valence-electron chi connectivity index (χ3n) is 6.48. The van der Waals surface area contributed by atoms with Crippen LogP contribution in [0.1, 0.15) is 40.7 Å². The van der Waals surface area contributed by atoms with E-state index in [9.17, 15) is 9.59 Å². The summed E-state index contributed by atoms with van der Waals surface area (Å²) in [4.78, 5) is 34.5. The summed E-state index contributed by atoms with van der Waals surface area (Å²) in [7, 11) is 1.53. The van der Waals surface area contributed by atoms with Crippen molar-refractivity contribution in [2.75, 3.05) is 46.6 Å². The number of benzene rings is 2. The highest BCUT2D eigenvalue weighted by atomic mass is 32.1. The van der Waals surface area contributed by atoms with Gasteiger partial charge in [0, 0.05) is 25.2 Å². The number of piperidine rings is 1. The van der Waals surface area contributed by atoms with Gasteiger partial charge < -0.3 is 24.0 Å². The fraction of sp³-hybridized carbons (Fsp3) is 0.423. The number of fused-ring (bicyclic) bond motifs is 1. The normalized spacial score (nSPS) is 18.5. The second kappa shape index (κ2) is 10.6. The largest absolute Gasteiger partial charge is 0.493 e. The Bertz CT molecular complexity index is 1170. The molecular formula is C26H29N3O5S. The molecule has 1 unspecified atom stereocenters. The number of rotatable bonds is 6. The summed E-state index contributed by atoms with van der Waals surface area (Å²) in [5.74, 6) is 0.719.